The Kier molecular flexibility index (Phi) is 6.71. The van der Waals surface area contributed by atoms with E-state index in [1.54, 1.807) is 30.3 Å². The van der Waals surface area contributed by atoms with Crippen LogP contribution < -0.4 is 5.32 Å². The van der Waals surface area contributed by atoms with Crippen molar-refractivity contribution in [3.05, 3.63) is 69.7 Å². The first-order valence-electron chi connectivity index (χ1n) is 9.39. The first-order chi connectivity index (χ1) is 14.9. The Morgan fingerprint density at radius 3 is 2.38 bits per heavy atom. The van der Waals surface area contributed by atoms with E-state index in [4.69, 9.17) is 23.2 Å². The third-order valence-corrected chi connectivity index (χ3v) is 5.53. The van der Waals surface area contributed by atoms with E-state index in [0.717, 1.165) is 0 Å². The van der Waals surface area contributed by atoms with E-state index in [0.29, 0.717) is 20.4 Å². The molecule has 0 spiro atoms. The molecule has 1 aliphatic heterocycles. The van der Waals surface area contributed by atoms with Crippen molar-refractivity contribution in [2.75, 3.05) is 13.1 Å². The van der Waals surface area contributed by atoms with Crippen molar-refractivity contribution < 1.29 is 27.6 Å². The Morgan fingerprint density at radius 1 is 1.12 bits per heavy atom. The highest BCUT2D eigenvalue weighted by Gasteiger charge is 2.50. The predicted molar refractivity (Wildman–Crippen MR) is 112 cm³/mol. The fourth-order valence-corrected chi connectivity index (χ4v) is 4.00. The second-order valence-electron chi connectivity index (χ2n) is 7.42. The summed E-state index contributed by atoms with van der Waals surface area (Å²) in [6.45, 7) is -1.31. The molecular weight excluding hydrogens is 470 g/mol. The molecule has 0 aliphatic carbocycles. The van der Waals surface area contributed by atoms with Gasteiger partial charge in [0.1, 0.15) is 18.6 Å². The Labute approximate surface area is 191 Å². The van der Waals surface area contributed by atoms with Gasteiger partial charge in [-0.05, 0) is 24.6 Å². The summed E-state index contributed by atoms with van der Waals surface area (Å²) < 4.78 is 39.2. The maximum Gasteiger partial charge on any atom is 0.406 e. The third kappa shape index (κ3) is 5.16. The molecule has 2 aromatic carbocycles. The lowest BCUT2D eigenvalue weighted by atomic mass is 9.92. The van der Waals surface area contributed by atoms with Gasteiger partial charge in [0, 0.05) is 22.2 Å². The summed E-state index contributed by atoms with van der Waals surface area (Å²) in [5.74, 6) is -1.84. The molecule has 11 heteroatoms. The molecule has 1 aliphatic rings. The van der Waals surface area contributed by atoms with Crippen LogP contribution in [0.25, 0.3) is 0 Å². The monoisotopic (exact) mass is 487 g/mol. The van der Waals surface area contributed by atoms with Gasteiger partial charge in [-0.1, -0.05) is 59.6 Å². The standard InChI is InChI=1S/C21H18Cl2F3N3O3/c1-20(15-8-7-14(22)9-16(15)23)18(31)29(19(32)27-20)11-17(30)28(12-21(24,25)26)10-13-5-3-2-4-6-13/h2-9H,10-12H2,1H3,(H,27,32)/t20-/m0/s1. The van der Waals surface area contributed by atoms with Crippen LogP contribution in [-0.2, 0) is 21.7 Å². The van der Waals surface area contributed by atoms with Gasteiger partial charge in [-0.3, -0.25) is 14.5 Å². The minimum atomic E-state index is -4.66. The first kappa shape index (κ1) is 23.9. The molecule has 1 heterocycles. The SMILES string of the molecule is C[C@@]1(c2ccc(Cl)cc2Cl)NC(=O)N(CC(=O)N(Cc2ccccc2)CC(F)(F)F)C1=O. The number of carbonyl (C=O) groups is 3. The number of urea groups is 1. The van der Waals surface area contributed by atoms with Crippen molar-refractivity contribution in [3.63, 3.8) is 0 Å². The van der Waals surface area contributed by atoms with Crippen LogP contribution in [0.4, 0.5) is 18.0 Å². The molecule has 170 valence electrons. The summed E-state index contributed by atoms with van der Waals surface area (Å²) in [6.07, 6.45) is -4.66. The zero-order valence-electron chi connectivity index (χ0n) is 16.7. The molecule has 1 atom stereocenters. The van der Waals surface area contributed by atoms with Crippen molar-refractivity contribution in [2.24, 2.45) is 0 Å². The maximum atomic E-state index is 13.1. The van der Waals surface area contributed by atoms with Gasteiger partial charge in [0.25, 0.3) is 5.91 Å². The highest BCUT2D eigenvalue weighted by Crippen LogP contribution is 2.35. The highest BCUT2D eigenvalue weighted by molar-refractivity contribution is 6.35. The number of hydrogen-bond acceptors (Lipinski definition) is 3. The van der Waals surface area contributed by atoms with Gasteiger partial charge in [0.2, 0.25) is 5.91 Å². The van der Waals surface area contributed by atoms with E-state index in [1.165, 1.54) is 25.1 Å². The second-order valence-corrected chi connectivity index (χ2v) is 8.26. The van der Waals surface area contributed by atoms with Gasteiger partial charge >= 0.3 is 12.2 Å². The predicted octanol–water partition coefficient (Wildman–Crippen LogP) is 4.35. The van der Waals surface area contributed by atoms with E-state index in [2.05, 4.69) is 5.32 Å². The Morgan fingerprint density at radius 2 is 1.78 bits per heavy atom. The van der Waals surface area contributed by atoms with E-state index in [1.807, 2.05) is 0 Å². The largest absolute Gasteiger partial charge is 0.406 e. The summed E-state index contributed by atoms with van der Waals surface area (Å²) >= 11 is 12.0. The van der Waals surface area contributed by atoms with Gasteiger partial charge in [0.05, 0.1) is 0 Å². The van der Waals surface area contributed by atoms with Crippen molar-refractivity contribution in [1.29, 1.82) is 0 Å². The molecule has 0 unspecified atom stereocenters. The number of nitrogens with zero attached hydrogens (tertiary/aromatic N) is 2. The highest BCUT2D eigenvalue weighted by atomic mass is 35.5. The average molecular weight is 488 g/mol. The number of nitrogens with one attached hydrogen (secondary N) is 1. The molecule has 1 fully saturated rings. The molecule has 32 heavy (non-hydrogen) atoms. The zero-order chi connectivity index (χ0) is 23.7. The average Bonchev–Trinajstić information content (AvgIpc) is 2.90. The lowest BCUT2D eigenvalue weighted by Gasteiger charge is -2.26. The van der Waals surface area contributed by atoms with Crippen LogP contribution in [0.2, 0.25) is 10.0 Å². The van der Waals surface area contributed by atoms with Crippen LogP contribution in [-0.4, -0.2) is 46.9 Å². The fraction of sp³-hybridized carbons (Fsp3) is 0.286. The summed E-state index contributed by atoms with van der Waals surface area (Å²) in [4.78, 5) is 39.4. The zero-order valence-corrected chi connectivity index (χ0v) is 18.3. The van der Waals surface area contributed by atoms with Crippen LogP contribution >= 0.6 is 23.2 Å². The van der Waals surface area contributed by atoms with Crippen LogP contribution in [0.1, 0.15) is 18.1 Å². The Bertz CT molecular complexity index is 1050. The van der Waals surface area contributed by atoms with Gasteiger partial charge < -0.3 is 10.2 Å². The maximum absolute atomic E-state index is 13.1. The van der Waals surface area contributed by atoms with Crippen LogP contribution in [0.15, 0.2) is 48.5 Å². The lowest BCUT2D eigenvalue weighted by molar-refractivity contribution is -0.163. The molecule has 0 aromatic heterocycles. The molecule has 6 nitrogen and oxygen atoms in total. The molecule has 0 radical (unpaired) electrons. The number of imide groups is 1. The summed E-state index contributed by atoms with van der Waals surface area (Å²) in [5, 5.41) is 2.90. The van der Waals surface area contributed by atoms with E-state index in [-0.39, 0.29) is 17.1 Å². The number of amides is 4. The minimum Gasteiger partial charge on any atom is -0.328 e. The number of rotatable bonds is 6. The topological polar surface area (TPSA) is 69.7 Å². The van der Waals surface area contributed by atoms with E-state index >= 15 is 0 Å². The number of carbonyl (C=O) groups excluding carboxylic acids is 3. The van der Waals surface area contributed by atoms with Gasteiger partial charge in [0.15, 0.2) is 0 Å². The summed E-state index contributed by atoms with van der Waals surface area (Å²) in [6, 6.07) is 11.5. The smallest absolute Gasteiger partial charge is 0.328 e. The van der Waals surface area contributed by atoms with Crippen molar-refractivity contribution in [2.45, 2.75) is 25.2 Å². The third-order valence-electron chi connectivity index (χ3n) is 4.98. The van der Waals surface area contributed by atoms with Gasteiger partial charge in [-0.25, -0.2) is 4.79 Å². The molecule has 1 N–H and O–H groups in total. The molecule has 3 rings (SSSR count). The van der Waals surface area contributed by atoms with Crippen LogP contribution in [0, 0.1) is 0 Å². The molecule has 1 saturated heterocycles. The van der Waals surface area contributed by atoms with Crippen LogP contribution in [0.5, 0.6) is 0 Å². The summed E-state index contributed by atoms with van der Waals surface area (Å²) in [5.41, 5.74) is -0.888. The van der Waals surface area contributed by atoms with Crippen molar-refractivity contribution in [1.82, 2.24) is 15.1 Å². The number of halogens is 5. The first-order valence-corrected chi connectivity index (χ1v) is 10.1. The molecule has 0 bridgehead atoms. The van der Waals surface area contributed by atoms with Gasteiger partial charge in [-0.15, -0.1) is 0 Å². The number of hydrogen-bond donors (Lipinski definition) is 1. The van der Waals surface area contributed by atoms with Gasteiger partial charge in [-0.2, -0.15) is 13.2 Å². The van der Waals surface area contributed by atoms with Crippen molar-refractivity contribution >= 4 is 41.0 Å². The quantitative estimate of drug-likeness (QED) is 0.615. The van der Waals surface area contributed by atoms with Crippen LogP contribution in [0.3, 0.4) is 0 Å². The second kappa shape index (κ2) is 8.99. The molecule has 4 amide bonds. The fourth-order valence-electron chi connectivity index (χ4n) is 3.41. The van der Waals surface area contributed by atoms with E-state index in [9.17, 15) is 27.6 Å². The number of alkyl halides is 3. The molecule has 2 aromatic rings. The summed E-state index contributed by atoms with van der Waals surface area (Å²) in [7, 11) is 0. The Balaban J connectivity index is 1.82. The normalized spacial score (nSPS) is 18.6. The van der Waals surface area contributed by atoms with Crippen molar-refractivity contribution in [3.8, 4) is 0 Å². The molecule has 0 saturated carbocycles. The number of benzene rings is 2. The minimum absolute atomic E-state index is 0.115. The lowest BCUT2D eigenvalue weighted by Crippen LogP contribution is -2.46. The Hall–Kier alpha value is -2.78. The molecular formula is C21H18Cl2F3N3O3. The van der Waals surface area contributed by atoms with E-state index < -0.39 is 42.7 Å².